The normalized spacial score (nSPS) is 18.4. The Hall–Kier alpha value is -1.69. The van der Waals surface area contributed by atoms with Crippen LogP contribution in [0.2, 0.25) is 0 Å². The molecule has 0 atom stereocenters. The number of fused-ring (bicyclic) bond motifs is 1. The van der Waals surface area contributed by atoms with Crippen LogP contribution in [0.4, 0.5) is 0 Å². The van der Waals surface area contributed by atoms with Crippen LogP contribution in [0.5, 0.6) is 0 Å². The van der Waals surface area contributed by atoms with Crippen molar-refractivity contribution in [1.82, 2.24) is 9.88 Å². The summed E-state index contributed by atoms with van der Waals surface area (Å²) in [5.74, 6) is 0.668. The van der Waals surface area contributed by atoms with Gasteiger partial charge >= 0.3 is 5.97 Å². The average Bonchev–Trinajstić information content (AvgIpc) is 3.09. The molecule has 0 N–H and O–H groups in total. The zero-order valence-corrected chi connectivity index (χ0v) is 11.6. The Kier molecular flexibility index (Phi) is 3.33. The number of carbonyl (C=O) groups excluding carboxylic acids is 1. The Labute approximate surface area is 115 Å². The smallest absolute Gasteiger partial charge is 0.337 e. The van der Waals surface area contributed by atoms with Crippen LogP contribution < -0.4 is 0 Å². The van der Waals surface area contributed by atoms with Gasteiger partial charge in [0.1, 0.15) is 0 Å². The highest BCUT2D eigenvalue weighted by Crippen LogP contribution is 2.31. The number of hydrogen-bond donors (Lipinski definition) is 0. The lowest BCUT2D eigenvalue weighted by molar-refractivity contribution is -0.138. The van der Waals surface area contributed by atoms with E-state index in [0.717, 1.165) is 35.9 Å². The number of esters is 1. The summed E-state index contributed by atoms with van der Waals surface area (Å²) < 4.78 is 5.11. The van der Waals surface area contributed by atoms with Crippen molar-refractivity contribution in [3.8, 4) is 0 Å². The second kappa shape index (κ2) is 5.13. The Morgan fingerprint density at radius 3 is 3.21 bits per heavy atom. The van der Waals surface area contributed by atoms with E-state index in [1.54, 1.807) is 17.5 Å². The van der Waals surface area contributed by atoms with Gasteiger partial charge in [0.2, 0.25) is 0 Å². The molecule has 0 spiro atoms. The Morgan fingerprint density at radius 2 is 2.47 bits per heavy atom. The molecule has 19 heavy (non-hydrogen) atoms. The highest BCUT2D eigenvalue weighted by Gasteiger charge is 2.32. The second-order valence-corrected chi connectivity index (χ2v) is 5.27. The number of rotatable bonds is 3. The molecule has 0 amide bonds. The number of aliphatic imine (C=N–C) groups is 1. The predicted molar refractivity (Wildman–Crippen MR) is 73.1 cm³/mol. The van der Waals surface area contributed by atoms with Crippen LogP contribution in [0.3, 0.4) is 0 Å². The minimum atomic E-state index is -0.230. The maximum Gasteiger partial charge on any atom is 0.337 e. The molecule has 0 bridgehead atoms. The van der Waals surface area contributed by atoms with Crippen LogP contribution in [0.25, 0.3) is 0 Å². The largest absolute Gasteiger partial charge is 0.463 e. The number of carbonyl (C=O) groups is 1. The van der Waals surface area contributed by atoms with Gasteiger partial charge in [-0.15, -0.1) is 11.3 Å². The number of ether oxygens (including phenoxy) is 1. The molecule has 1 fully saturated rings. The summed E-state index contributed by atoms with van der Waals surface area (Å²) in [5, 5.41) is 2.86. The lowest BCUT2D eigenvalue weighted by Crippen LogP contribution is -2.33. The van der Waals surface area contributed by atoms with E-state index in [2.05, 4.69) is 14.9 Å². The Balaban J connectivity index is 1.91. The summed E-state index contributed by atoms with van der Waals surface area (Å²) in [4.78, 5) is 22.9. The van der Waals surface area contributed by atoms with Gasteiger partial charge in [0.05, 0.1) is 18.7 Å². The zero-order chi connectivity index (χ0) is 13.2. The second-order valence-electron chi connectivity index (χ2n) is 4.38. The first-order valence-corrected chi connectivity index (χ1v) is 7.30. The van der Waals surface area contributed by atoms with Gasteiger partial charge < -0.3 is 9.64 Å². The van der Waals surface area contributed by atoms with Gasteiger partial charge in [-0.05, 0) is 19.8 Å². The van der Waals surface area contributed by atoms with Crippen molar-refractivity contribution < 1.29 is 9.53 Å². The fourth-order valence-corrected chi connectivity index (χ4v) is 3.12. The van der Waals surface area contributed by atoms with Gasteiger partial charge in [0.15, 0.2) is 10.8 Å². The van der Waals surface area contributed by atoms with Crippen LogP contribution >= 0.6 is 11.3 Å². The molecule has 3 rings (SSSR count). The molecule has 2 aliphatic heterocycles. The molecule has 0 unspecified atom stereocenters. The lowest BCUT2D eigenvalue weighted by Gasteiger charge is -2.26. The summed E-state index contributed by atoms with van der Waals surface area (Å²) in [5.41, 5.74) is 1.78. The zero-order valence-electron chi connectivity index (χ0n) is 10.8. The molecule has 1 aromatic heterocycles. The molecule has 3 heterocycles. The lowest BCUT2D eigenvalue weighted by atomic mass is 10.1. The predicted octanol–water partition coefficient (Wildman–Crippen LogP) is 1.82. The molecule has 1 saturated heterocycles. The maximum absolute atomic E-state index is 11.9. The minimum absolute atomic E-state index is 0.230. The average molecular weight is 277 g/mol. The summed E-state index contributed by atoms with van der Waals surface area (Å²) in [6.45, 7) is 3.53. The van der Waals surface area contributed by atoms with E-state index < -0.39 is 0 Å². The third kappa shape index (κ3) is 2.16. The van der Waals surface area contributed by atoms with E-state index in [-0.39, 0.29) is 5.97 Å². The topological polar surface area (TPSA) is 54.8 Å². The van der Waals surface area contributed by atoms with E-state index in [0.29, 0.717) is 18.7 Å². The Morgan fingerprint density at radius 1 is 1.58 bits per heavy atom. The van der Waals surface area contributed by atoms with Crippen LogP contribution in [-0.4, -0.2) is 41.4 Å². The van der Waals surface area contributed by atoms with Crippen molar-refractivity contribution in [2.45, 2.75) is 19.8 Å². The molecule has 6 heteroatoms. The van der Waals surface area contributed by atoms with Crippen LogP contribution in [0.15, 0.2) is 27.8 Å². The van der Waals surface area contributed by atoms with Gasteiger partial charge in [0, 0.05) is 23.8 Å². The standard InChI is InChI=1S/C13H15N3O2S/c1-2-18-13(17)9-8-15-11(12-14-5-7-19-12)16-6-3-4-10(9)16/h5,7H,2-4,6,8H2,1H3. The first-order chi connectivity index (χ1) is 9.31. The third-order valence-corrected chi connectivity index (χ3v) is 4.03. The van der Waals surface area contributed by atoms with Gasteiger partial charge in [0.25, 0.3) is 0 Å². The number of amidine groups is 1. The molecule has 5 nitrogen and oxygen atoms in total. The van der Waals surface area contributed by atoms with Gasteiger partial charge in [-0.25, -0.2) is 9.78 Å². The van der Waals surface area contributed by atoms with Crippen LogP contribution in [0.1, 0.15) is 24.8 Å². The minimum Gasteiger partial charge on any atom is -0.463 e. The monoisotopic (exact) mass is 277 g/mol. The van der Waals surface area contributed by atoms with E-state index in [4.69, 9.17) is 4.74 Å². The van der Waals surface area contributed by atoms with Gasteiger partial charge in [-0.2, -0.15) is 0 Å². The highest BCUT2D eigenvalue weighted by molar-refractivity contribution is 7.11. The van der Waals surface area contributed by atoms with E-state index >= 15 is 0 Å². The SMILES string of the molecule is CCOC(=O)C1=C2CCCN2C(c2nccs2)=NC1. The van der Waals surface area contributed by atoms with Crippen LogP contribution in [-0.2, 0) is 9.53 Å². The summed E-state index contributed by atoms with van der Waals surface area (Å²) in [6.07, 6.45) is 3.74. The molecule has 0 saturated carbocycles. The molecule has 0 aromatic carbocycles. The van der Waals surface area contributed by atoms with Crippen molar-refractivity contribution in [3.05, 3.63) is 27.9 Å². The van der Waals surface area contributed by atoms with Gasteiger partial charge in [-0.3, -0.25) is 4.99 Å². The van der Waals surface area contributed by atoms with Crippen molar-refractivity contribution in [2.75, 3.05) is 19.7 Å². The number of aromatic nitrogens is 1. The van der Waals surface area contributed by atoms with Crippen molar-refractivity contribution in [1.29, 1.82) is 0 Å². The molecule has 2 aliphatic rings. The highest BCUT2D eigenvalue weighted by atomic mass is 32.1. The molecular weight excluding hydrogens is 262 g/mol. The number of nitrogens with zero attached hydrogens (tertiary/aromatic N) is 3. The molecular formula is C13H15N3O2S. The number of allylic oxidation sites excluding steroid dienone is 1. The van der Waals surface area contributed by atoms with E-state index in [1.165, 1.54) is 0 Å². The number of thiazole rings is 1. The molecule has 1 aromatic rings. The van der Waals surface area contributed by atoms with Crippen molar-refractivity contribution in [2.24, 2.45) is 4.99 Å². The van der Waals surface area contributed by atoms with Crippen molar-refractivity contribution in [3.63, 3.8) is 0 Å². The van der Waals surface area contributed by atoms with E-state index in [9.17, 15) is 4.79 Å². The number of hydrogen-bond acceptors (Lipinski definition) is 6. The van der Waals surface area contributed by atoms with Gasteiger partial charge in [-0.1, -0.05) is 0 Å². The first-order valence-electron chi connectivity index (χ1n) is 6.42. The summed E-state index contributed by atoms with van der Waals surface area (Å²) >= 11 is 1.58. The van der Waals surface area contributed by atoms with Crippen molar-refractivity contribution >= 4 is 23.1 Å². The molecule has 0 radical (unpaired) electrons. The summed E-state index contributed by atoms with van der Waals surface area (Å²) in [6, 6.07) is 0. The molecule has 0 aliphatic carbocycles. The molecule has 100 valence electrons. The van der Waals surface area contributed by atoms with Crippen LogP contribution in [0, 0.1) is 0 Å². The Bertz CT molecular complexity index is 548. The maximum atomic E-state index is 11.9. The first kappa shape index (κ1) is 12.3. The summed E-state index contributed by atoms with van der Waals surface area (Å²) in [7, 11) is 0. The fourth-order valence-electron chi connectivity index (χ4n) is 2.47. The third-order valence-electron chi connectivity index (χ3n) is 3.26. The van der Waals surface area contributed by atoms with E-state index in [1.807, 2.05) is 12.3 Å². The quantitative estimate of drug-likeness (QED) is 0.791. The fraction of sp³-hybridized carbons (Fsp3) is 0.462.